The number of pyridine rings is 1. The lowest BCUT2D eigenvalue weighted by molar-refractivity contribution is 0.626. The monoisotopic (exact) mass is 375 g/mol. The Bertz CT molecular complexity index is 1270. The molecule has 4 aromatic rings. The predicted molar refractivity (Wildman–Crippen MR) is 108 cm³/mol. The van der Waals surface area contributed by atoms with Gasteiger partial charge in [0, 0.05) is 23.1 Å². The smallest absolute Gasteiger partial charge is 0.272 e. The number of halogens is 1. The fourth-order valence-electron chi connectivity index (χ4n) is 3.34. The number of nitrogens with two attached hydrogens (primary N) is 2. The van der Waals surface area contributed by atoms with Crippen LogP contribution in [0.5, 0.6) is 0 Å². The molecule has 140 valence electrons. The summed E-state index contributed by atoms with van der Waals surface area (Å²) in [6, 6.07) is 13.7. The van der Waals surface area contributed by atoms with E-state index < -0.39 is 0 Å². The Balaban J connectivity index is 1.80. The molecule has 0 aliphatic heterocycles. The first-order chi connectivity index (χ1) is 13.4. The molecule has 2 aromatic carbocycles. The lowest BCUT2D eigenvalue weighted by Gasteiger charge is -2.11. The minimum absolute atomic E-state index is 0.252. The zero-order valence-electron chi connectivity index (χ0n) is 15.2. The van der Waals surface area contributed by atoms with Gasteiger partial charge in [-0.05, 0) is 42.3 Å². The van der Waals surface area contributed by atoms with Crippen molar-refractivity contribution in [3.8, 4) is 11.1 Å². The molecular weight excluding hydrogens is 357 g/mol. The van der Waals surface area contributed by atoms with Gasteiger partial charge in [-0.1, -0.05) is 24.3 Å². The number of hydrogen-bond donors (Lipinski definition) is 3. The number of aromatic nitrogens is 3. The van der Waals surface area contributed by atoms with Crippen LogP contribution >= 0.6 is 0 Å². The number of nitrogen functional groups attached to an aromatic ring is 2. The largest absolute Gasteiger partial charge is 0.396 e. The quantitative estimate of drug-likeness (QED) is 0.509. The van der Waals surface area contributed by atoms with Gasteiger partial charge in [-0.3, -0.25) is 4.79 Å². The van der Waals surface area contributed by atoms with Gasteiger partial charge >= 0.3 is 0 Å². The predicted octanol–water partition coefficient (Wildman–Crippen LogP) is 3.19. The van der Waals surface area contributed by atoms with Gasteiger partial charge in [-0.2, -0.15) is 5.10 Å². The fraction of sp³-hybridized carbons (Fsp3) is 0.0952. The number of H-pyrrole nitrogens is 1. The summed E-state index contributed by atoms with van der Waals surface area (Å²) in [6.45, 7) is 1.80. The normalized spacial score (nSPS) is 11.1. The molecule has 0 fully saturated rings. The van der Waals surface area contributed by atoms with Crippen LogP contribution in [0.25, 0.3) is 21.9 Å². The van der Waals surface area contributed by atoms with Crippen molar-refractivity contribution in [3.05, 3.63) is 81.7 Å². The van der Waals surface area contributed by atoms with E-state index in [1.807, 2.05) is 18.2 Å². The van der Waals surface area contributed by atoms with Crippen molar-refractivity contribution in [2.75, 3.05) is 11.5 Å². The lowest BCUT2D eigenvalue weighted by Crippen LogP contribution is -2.11. The number of nitrogens with one attached hydrogen (secondary N) is 1. The summed E-state index contributed by atoms with van der Waals surface area (Å²) in [7, 11) is 0. The number of aryl methyl sites for hydroxylation is 1. The summed E-state index contributed by atoms with van der Waals surface area (Å²) in [6.07, 6.45) is 0.360. The van der Waals surface area contributed by atoms with Crippen molar-refractivity contribution in [1.82, 2.24) is 15.2 Å². The standard InChI is InChI=1S/C21H18FN5O/c1-11-17(10-18(23)20(24)25-11)13-6-12(7-14(22)9-13)8-19-15-4-2-3-5-16(15)21(28)27-26-19/h2-7,9-10H,8,23H2,1H3,(H2,24,25)(H,27,28). The molecule has 4 rings (SSSR count). The van der Waals surface area contributed by atoms with E-state index >= 15 is 0 Å². The number of anilines is 2. The first-order valence-corrected chi connectivity index (χ1v) is 8.71. The third-order valence-electron chi connectivity index (χ3n) is 4.69. The van der Waals surface area contributed by atoms with Gasteiger partial charge in [0.25, 0.3) is 5.56 Å². The second-order valence-electron chi connectivity index (χ2n) is 6.67. The van der Waals surface area contributed by atoms with Crippen LogP contribution in [0.1, 0.15) is 17.0 Å². The summed E-state index contributed by atoms with van der Waals surface area (Å²) in [5.41, 5.74) is 15.1. The molecule has 0 saturated heterocycles. The van der Waals surface area contributed by atoms with Gasteiger partial charge in [0.15, 0.2) is 0 Å². The molecule has 7 heteroatoms. The van der Waals surface area contributed by atoms with E-state index in [0.717, 1.165) is 10.9 Å². The first-order valence-electron chi connectivity index (χ1n) is 8.71. The number of nitrogens with zero attached hydrogens (tertiary/aromatic N) is 2. The van der Waals surface area contributed by atoms with Crippen molar-refractivity contribution in [3.63, 3.8) is 0 Å². The van der Waals surface area contributed by atoms with E-state index in [4.69, 9.17) is 11.5 Å². The molecule has 0 aliphatic carbocycles. The number of hydrogen-bond acceptors (Lipinski definition) is 5. The van der Waals surface area contributed by atoms with E-state index in [0.29, 0.717) is 40.0 Å². The third-order valence-corrected chi connectivity index (χ3v) is 4.69. The average molecular weight is 375 g/mol. The highest BCUT2D eigenvalue weighted by Gasteiger charge is 2.12. The van der Waals surface area contributed by atoms with Gasteiger partial charge in [0.05, 0.1) is 16.8 Å². The Kier molecular flexibility index (Phi) is 4.27. The van der Waals surface area contributed by atoms with Gasteiger partial charge in [0.2, 0.25) is 0 Å². The topological polar surface area (TPSA) is 111 Å². The molecule has 0 unspecified atom stereocenters. The van der Waals surface area contributed by atoms with Crippen molar-refractivity contribution in [2.24, 2.45) is 0 Å². The molecule has 0 radical (unpaired) electrons. The van der Waals surface area contributed by atoms with Crippen LogP contribution in [-0.2, 0) is 6.42 Å². The molecule has 28 heavy (non-hydrogen) atoms. The molecule has 0 spiro atoms. The van der Waals surface area contributed by atoms with Crippen LogP contribution in [0.4, 0.5) is 15.9 Å². The zero-order chi connectivity index (χ0) is 19.8. The minimum Gasteiger partial charge on any atom is -0.396 e. The zero-order valence-corrected chi connectivity index (χ0v) is 15.2. The highest BCUT2D eigenvalue weighted by molar-refractivity contribution is 5.83. The SMILES string of the molecule is Cc1nc(N)c(N)cc1-c1cc(F)cc(Cc2n[nH]c(=O)c3ccccc23)c1. The number of benzene rings is 2. The van der Waals surface area contributed by atoms with Crippen molar-refractivity contribution in [2.45, 2.75) is 13.3 Å². The molecule has 2 aromatic heterocycles. The van der Waals surface area contributed by atoms with Crippen molar-refractivity contribution < 1.29 is 4.39 Å². The second-order valence-corrected chi connectivity index (χ2v) is 6.67. The molecule has 0 saturated carbocycles. The lowest BCUT2D eigenvalue weighted by atomic mass is 9.98. The molecule has 0 aliphatic rings. The third kappa shape index (κ3) is 3.18. The number of aromatic amines is 1. The van der Waals surface area contributed by atoms with E-state index in [1.54, 1.807) is 25.1 Å². The van der Waals surface area contributed by atoms with Crippen LogP contribution in [0.2, 0.25) is 0 Å². The van der Waals surface area contributed by atoms with Crippen LogP contribution in [0, 0.1) is 12.7 Å². The summed E-state index contributed by atoms with van der Waals surface area (Å²) < 4.78 is 14.4. The maximum Gasteiger partial charge on any atom is 0.272 e. The van der Waals surface area contributed by atoms with Crippen LogP contribution in [0.15, 0.2) is 53.3 Å². The molecular formula is C21H18FN5O. The molecule has 0 bridgehead atoms. The Morgan fingerprint density at radius 2 is 1.82 bits per heavy atom. The maximum atomic E-state index is 14.4. The Labute approximate surface area is 160 Å². The number of fused-ring (bicyclic) bond motifs is 1. The summed E-state index contributed by atoms with van der Waals surface area (Å²) in [5, 5.41) is 7.97. The van der Waals surface area contributed by atoms with Crippen LogP contribution in [0.3, 0.4) is 0 Å². The average Bonchev–Trinajstić information content (AvgIpc) is 2.67. The first kappa shape index (κ1) is 17.7. The molecule has 0 atom stereocenters. The van der Waals surface area contributed by atoms with Gasteiger partial charge in [0.1, 0.15) is 11.6 Å². The van der Waals surface area contributed by atoms with Gasteiger partial charge < -0.3 is 11.5 Å². The molecule has 2 heterocycles. The van der Waals surface area contributed by atoms with Crippen LogP contribution < -0.4 is 17.0 Å². The Morgan fingerprint density at radius 1 is 1.07 bits per heavy atom. The van der Waals surface area contributed by atoms with E-state index in [9.17, 15) is 9.18 Å². The van der Waals surface area contributed by atoms with E-state index in [-0.39, 0.29) is 17.2 Å². The fourth-order valence-corrected chi connectivity index (χ4v) is 3.34. The Hall–Kier alpha value is -3.74. The molecule has 0 amide bonds. The van der Waals surface area contributed by atoms with Gasteiger partial charge in [-0.15, -0.1) is 0 Å². The number of rotatable bonds is 3. The minimum atomic E-state index is -0.379. The highest BCUT2D eigenvalue weighted by Crippen LogP contribution is 2.29. The second kappa shape index (κ2) is 6.77. The van der Waals surface area contributed by atoms with Crippen molar-refractivity contribution in [1.29, 1.82) is 0 Å². The summed E-state index contributed by atoms with van der Waals surface area (Å²) in [4.78, 5) is 16.2. The highest BCUT2D eigenvalue weighted by atomic mass is 19.1. The van der Waals surface area contributed by atoms with Gasteiger partial charge in [-0.25, -0.2) is 14.5 Å². The molecule has 6 nitrogen and oxygen atoms in total. The van der Waals surface area contributed by atoms with Crippen molar-refractivity contribution >= 4 is 22.3 Å². The Morgan fingerprint density at radius 3 is 2.61 bits per heavy atom. The van der Waals surface area contributed by atoms with Crippen LogP contribution in [-0.4, -0.2) is 15.2 Å². The maximum absolute atomic E-state index is 14.4. The molecule has 5 N–H and O–H groups in total. The summed E-state index contributed by atoms with van der Waals surface area (Å²) >= 11 is 0. The summed E-state index contributed by atoms with van der Waals surface area (Å²) in [5.74, 6) is -0.127. The van der Waals surface area contributed by atoms with E-state index in [2.05, 4.69) is 15.2 Å². The van der Waals surface area contributed by atoms with E-state index in [1.165, 1.54) is 12.1 Å².